The van der Waals surface area contributed by atoms with Crippen molar-refractivity contribution in [3.63, 3.8) is 0 Å². The molecule has 1 N–H and O–H groups in total. The molecule has 1 heterocycles. The van der Waals surface area contributed by atoms with Crippen LogP contribution in [0.3, 0.4) is 0 Å². The van der Waals surface area contributed by atoms with Gasteiger partial charge in [-0.25, -0.2) is 4.39 Å². The maximum Gasteiger partial charge on any atom is 0.257 e. The van der Waals surface area contributed by atoms with Gasteiger partial charge < -0.3 is 9.84 Å². The number of carbonyl (C=O) groups excluding carboxylic acids is 1. The SMILES string of the molecule is Cc1onc(-c2cccc(F)c2)c1C(=O)NC1CCC1. The molecule has 0 aliphatic heterocycles. The number of benzene rings is 1. The highest BCUT2D eigenvalue weighted by Gasteiger charge is 2.26. The first-order chi connectivity index (χ1) is 9.65. The lowest BCUT2D eigenvalue weighted by Crippen LogP contribution is -2.39. The minimum Gasteiger partial charge on any atom is -0.360 e. The van der Waals surface area contributed by atoms with E-state index in [1.807, 2.05) is 0 Å². The van der Waals surface area contributed by atoms with Gasteiger partial charge in [0.1, 0.15) is 22.8 Å². The van der Waals surface area contributed by atoms with Gasteiger partial charge in [0.15, 0.2) is 0 Å². The summed E-state index contributed by atoms with van der Waals surface area (Å²) in [6.45, 7) is 1.69. The summed E-state index contributed by atoms with van der Waals surface area (Å²) in [6.07, 6.45) is 3.15. The Morgan fingerprint density at radius 3 is 2.90 bits per heavy atom. The van der Waals surface area contributed by atoms with Crippen molar-refractivity contribution in [2.75, 3.05) is 0 Å². The van der Waals surface area contributed by atoms with Gasteiger partial charge in [0.05, 0.1) is 0 Å². The van der Waals surface area contributed by atoms with Gasteiger partial charge in [0.2, 0.25) is 0 Å². The number of nitrogens with zero attached hydrogens (tertiary/aromatic N) is 1. The van der Waals surface area contributed by atoms with Crippen LogP contribution in [0.2, 0.25) is 0 Å². The first-order valence-corrected chi connectivity index (χ1v) is 6.68. The van der Waals surface area contributed by atoms with Gasteiger partial charge in [0.25, 0.3) is 5.91 Å². The van der Waals surface area contributed by atoms with Gasteiger partial charge in [-0.05, 0) is 38.3 Å². The molecule has 0 radical (unpaired) electrons. The lowest BCUT2D eigenvalue weighted by molar-refractivity contribution is 0.0916. The van der Waals surface area contributed by atoms with Crippen LogP contribution in [-0.4, -0.2) is 17.1 Å². The molecule has 1 saturated carbocycles. The van der Waals surface area contributed by atoms with Crippen LogP contribution in [0.5, 0.6) is 0 Å². The first kappa shape index (κ1) is 12.8. The van der Waals surface area contributed by atoms with Crippen LogP contribution in [-0.2, 0) is 0 Å². The zero-order valence-corrected chi connectivity index (χ0v) is 11.1. The maximum atomic E-state index is 13.3. The summed E-state index contributed by atoms with van der Waals surface area (Å²) in [4.78, 5) is 12.3. The highest BCUT2D eigenvalue weighted by atomic mass is 19.1. The lowest BCUT2D eigenvalue weighted by Gasteiger charge is -2.26. The molecule has 104 valence electrons. The number of hydrogen-bond donors (Lipinski definition) is 1. The fraction of sp³-hybridized carbons (Fsp3) is 0.333. The van der Waals surface area contributed by atoms with Crippen LogP contribution in [0.1, 0.15) is 35.4 Å². The standard InChI is InChI=1S/C15H15FN2O2/c1-9-13(15(19)17-12-6-3-7-12)14(18-20-9)10-4-2-5-11(16)8-10/h2,4-5,8,12H,3,6-7H2,1H3,(H,17,19). The summed E-state index contributed by atoms with van der Waals surface area (Å²) >= 11 is 0. The van der Waals surface area contributed by atoms with E-state index < -0.39 is 0 Å². The van der Waals surface area contributed by atoms with Crippen LogP contribution in [0, 0.1) is 12.7 Å². The number of halogens is 1. The Labute approximate surface area is 116 Å². The number of amides is 1. The van der Waals surface area contributed by atoms with E-state index in [1.54, 1.807) is 19.1 Å². The molecule has 1 aromatic carbocycles. The monoisotopic (exact) mass is 274 g/mol. The molecule has 2 aromatic rings. The van der Waals surface area contributed by atoms with Gasteiger partial charge in [-0.2, -0.15) is 0 Å². The molecule has 1 aliphatic carbocycles. The average molecular weight is 274 g/mol. The topological polar surface area (TPSA) is 55.1 Å². The van der Waals surface area contributed by atoms with Crippen molar-refractivity contribution in [3.8, 4) is 11.3 Å². The molecule has 3 rings (SSSR count). The number of hydrogen-bond acceptors (Lipinski definition) is 3. The van der Waals surface area contributed by atoms with Gasteiger partial charge >= 0.3 is 0 Å². The van der Waals surface area contributed by atoms with Crippen molar-refractivity contribution in [2.45, 2.75) is 32.2 Å². The summed E-state index contributed by atoms with van der Waals surface area (Å²) in [7, 11) is 0. The summed E-state index contributed by atoms with van der Waals surface area (Å²) in [5.41, 5.74) is 1.32. The van der Waals surface area contributed by atoms with Gasteiger partial charge in [-0.1, -0.05) is 17.3 Å². The Balaban J connectivity index is 1.94. The summed E-state index contributed by atoms with van der Waals surface area (Å²) < 4.78 is 18.4. The highest BCUT2D eigenvalue weighted by molar-refractivity contribution is 6.00. The normalized spacial score (nSPS) is 14.9. The minimum absolute atomic E-state index is 0.201. The fourth-order valence-electron chi connectivity index (χ4n) is 2.28. The van der Waals surface area contributed by atoms with Crippen molar-refractivity contribution >= 4 is 5.91 Å². The molecule has 1 fully saturated rings. The Bertz CT molecular complexity index is 647. The largest absolute Gasteiger partial charge is 0.360 e. The summed E-state index contributed by atoms with van der Waals surface area (Å²) in [6, 6.07) is 6.22. The van der Waals surface area contributed by atoms with Crippen molar-refractivity contribution in [2.24, 2.45) is 0 Å². The molecule has 0 spiro atoms. The zero-order chi connectivity index (χ0) is 14.1. The van der Waals surface area contributed by atoms with Crippen molar-refractivity contribution in [3.05, 3.63) is 41.4 Å². The van der Waals surface area contributed by atoms with Crippen LogP contribution in [0.15, 0.2) is 28.8 Å². The molecule has 1 aromatic heterocycles. The number of aryl methyl sites for hydroxylation is 1. The van der Waals surface area contributed by atoms with Crippen LogP contribution < -0.4 is 5.32 Å². The molecule has 0 bridgehead atoms. The van der Waals surface area contributed by atoms with E-state index >= 15 is 0 Å². The Hall–Kier alpha value is -2.17. The second kappa shape index (κ2) is 5.07. The van der Waals surface area contributed by atoms with Crippen molar-refractivity contribution in [1.29, 1.82) is 0 Å². The highest BCUT2D eigenvalue weighted by Crippen LogP contribution is 2.27. The van der Waals surface area contributed by atoms with Crippen molar-refractivity contribution in [1.82, 2.24) is 10.5 Å². The average Bonchev–Trinajstić information content (AvgIpc) is 2.76. The molecular weight excluding hydrogens is 259 g/mol. The van der Waals surface area contributed by atoms with Gasteiger partial charge in [-0.15, -0.1) is 0 Å². The maximum absolute atomic E-state index is 13.3. The van der Waals surface area contributed by atoms with E-state index in [1.165, 1.54) is 12.1 Å². The molecule has 0 saturated heterocycles. The van der Waals surface area contributed by atoms with Gasteiger partial charge in [0, 0.05) is 11.6 Å². The van der Waals surface area contributed by atoms with E-state index in [0.29, 0.717) is 22.6 Å². The third-order valence-corrected chi connectivity index (χ3v) is 3.63. The number of rotatable bonds is 3. The first-order valence-electron chi connectivity index (χ1n) is 6.68. The number of nitrogens with one attached hydrogen (secondary N) is 1. The summed E-state index contributed by atoms with van der Waals surface area (Å²) in [5, 5.41) is 6.85. The van der Waals surface area contributed by atoms with E-state index in [2.05, 4.69) is 10.5 Å². The van der Waals surface area contributed by atoms with E-state index in [9.17, 15) is 9.18 Å². The zero-order valence-electron chi connectivity index (χ0n) is 11.1. The molecule has 0 atom stereocenters. The molecule has 1 amide bonds. The van der Waals surface area contributed by atoms with E-state index in [0.717, 1.165) is 19.3 Å². The number of carbonyl (C=O) groups is 1. The molecule has 20 heavy (non-hydrogen) atoms. The Morgan fingerprint density at radius 2 is 2.25 bits per heavy atom. The Kier molecular flexibility index (Phi) is 3.26. The van der Waals surface area contributed by atoms with E-state index in [4.69, 9.17) is 4.52 Å². The van der Waals surface area contributed by atoms with Crippen LogP contribution in [0.25, 0.3) is 11.3 Å². The number of aromatic nitrogens is 1. The second-order valence-electron chi connectivity index (χ2n) is 5.07. The third-order valence-electron chi connectivity index (χ3n) is 3.63. The molecule has 1 aliphatic rings. The predicted octanol–water partition coefficient (Wildman–Crippen LogP) is 3.07. The molecular formula is C15H15FN2O2. The summed E-state index contributed by atoms with van der Waals surface area (Å²) in [5.74, 6) is -0.123. The minimum atomic E-state index is -0.367. The van der Waals surface area contributed by atoms with Gasteiger partial charge in [-0.3, -0.25) is 4.79 Å². The quantitative estimate of drug-likeness (QED) is 0.935. The van der Waals surface area contributed by atoms with E-state index in [-0.39, 0.29) is 17.8 Å². The lowest BCUT2D eigenvalue weighted by atomic mass is 9.92. The molecule has 0 unspecified atom stereocenters. The second-order valence-corrected chi connectivity index (χ2v) is 5.07. The van der Waals surface area contributed by atoms with Crippen LogP contribution in [0.4, 0.5) is 4.39 Å². The smallest absolute Gasteiger partial charge is 0.257 e. The Morgan fingerprint density at radius 1 is 1.45 bits per heavy atom. The fourth-order valence-corrected chi connectivity index (χ4v) is 2.28. The van der Waals surface area contributed by atoms with Crippen molar-refractivity contribution < 1.29 is 13.7 Å². The molecule has 4 nitrogen and oxygen atoms in total. The molecule has 5 heteroatoms. The van der Waals surface area contributed by atoms with Crippen LogP contribution >= 0.6 is 0 Å². The predicted molar refractivity (Wildman–Crippen MR) is 71.7 cm³/mol. The third kappa shape index (κ3) is 2.31.